The lowest BCUT2D eigenvalue weighted by atomic mass is 9.87. The molecule has 1 fully saturated rings. The second kappa shape index (κ2) is 11.4. The van der Waals surface area contributed by atoms with Gasteiger partial charge in [-0.25, -0.2) is 4.98 Å². The fourth-order valence-corrected chi connectivity index (χ4v) is 4.84. The first-order valence-electron chi connectivity index (χ1n) is 12.8. The second-order valence-corrected chi connectivity index (χ2v) is 9.45. The molecular formula is C29H30N6O3. The van der Waals surface area contributed by atoms with Gasteiger partial charge in [-0.15, -0.1) is 0 Å². The first-order valence-corrected chi connectivity index (χ1v) is 12.8. The number of nitrogens with zero attached hydrogens (tertiary/aromatic N) is 2. The Morgan fingerprint density at radius 3 is 2.39 bits per heavy atom. The summed E-state index contributed by atoms with van der Waals surface area (Å²) in [5.41, 5.74) is 1.36. The highest BCUT2D eigenvalue weighted by Crippen LogP contribution is 2.20. The number of aromatic nitrogens is 2. The molecule has 0 unspecified atom stereocenters. The van der Waals surface area contributed by atoms with Crippen LogP contribution in [0.5, 0.6) is 0 Å². The first-order chi connectivity index (χ1) is 18.5. The van der Waals surface area contributed by atoms with Crippen LogP contribution in [0, 0.1) is 0 Å². The Morgan fingerprint density at radius 1 is 0.842 bits per heavy atom. The molecule has 0 radical (unpaired) electrons. The van der Waals surface area contributed by atoms with Crippen molar-refractivity contribution in [2.45, 2.75) is 24.8 Å². The summed E-state index contributed by atoms with van der Waals surface area (Å²) in [6, 6.07) is 21.2. The average molecular weight is 511 g/mol. The van der Waals surface area contributed by atoms with Crippen LogP contribution in [0.1, 0.15) is 28.9 Å². The molecule has 0 saturated carbocycles. The summed E-state index contributed by atoms with van der Waals surface area (Å²) in [4.78, 5) is 47.6. The van der Waals surface area contributed by atoms with Gasteiger partial charge in [-0.1, -0.05) is 54.6 Å². The third-order valence-corrected chi connectivity index (χ3v) is 6.89. The van der Waals surface area contributed by atoms with Crippen LogP contribution in [0.2, 0.25) is 0 Å². The molecule has 194 valence electrons. The summed E-state index contributed by atoms with van der Waals surface area (Å²) in [5, 5.41) is 14.1. The van der Waals surface area contributed by atoms with Crippen molar-refractivity contribution in [2.75, 3.05) is 26.2 Å². The van der Waals surface area contributed by atoms with Gasteiger partial charge in [-0.2, -0.15) is 0 Å². The van der Waals surface area contributed by atoms with Crippen molar-refractivity contribution in [2.24, 2.45) is 0 Å². The predicted molar refractivity (Wildman–Crippen MR) is 146 cm³/mol. The summed E-state index contributed by atoms with van der Waals surface area (Å²) in [7, 11) is 0. The van der Waals surface area contributed by atoms with E-state index >= 15 is 0 Å². The number of amides is 3. The van der Waals surface area contributed by atoms with Crippen molar-refractivity contribution in [1.82, 2.24) is 31.2 Å². The van der Waals surface area contributed by atoms with Gasteiger partial charge in [-0.3, -0.25) is 19.4 Å². The van der Waals surface area contributed by atoms with Gasteiger partial charge >= 0.3 is 0 Å². The molecule has 4 N–H and O–H groups in total. The number of hydrogen-bond donors (Lipinski definition) is 4. The van der Waals surface area contributed by atoms with Crippen molar-refractivity contribution in [1.29, 1.82) is 0 Å². The maximum Gasteiger partial charge on any atom is 0.272 e. The van der Waals surface area contributed by atoms with E-state index in [1.165, 1.54) is 6.20 Å². The van der Waals surface area contributed by atoms with Crippen molar-refractivity contribution in [3.8, 4) is 0 Å². The van der Waals surface area contributed by atoms with E-state index in [2.05, 4.69) is 31.2 Å². The van der Waals surface area contributed by atoms with E-state index in [-0.39, 0.29) is 37.0 Å². The van der Waals surface area contributed by atoms with Gasteiger partial charge in [0.15, 0.2) is 0 Å². The third kappa shape index (κ3) is 5.63. The number of fused-ring (bicyclic) bond motifs is 2. The molecule has 1 aromatic heterocycles. The summed E-state index contributed by atoms with van der Waals surface area (Å²) < 4.78 is 0. The molecule has 4 aromatic rings. The topological polar surface area (TPSA) is 125 Å². The van der Waals surface area contributed by atoms with Gasteiger partial charge in [-0.05, 0) is 54.4 Å². The molecule has 5 rings (SSSR count). The van der Waals surface area contributed by atoms with E-state index < -0.39 is 11.4 Å². The van der Waals surface area contributed by atoms with E-state index in [0.717, 1.165) is 16.3 Å². The first kappa shape index (κ1) is 25.3. The van der Waals surface area contributed by atoms with Crippen LogP contribution in [0.4, 0.5) is 0 Å². The highest BCUT2D eigenvalue weighted by Gasteiger charge is 2.41. The van der Waals surface area contributed by atoms with Gasteiger partial charge in [0.2, 0.25) is 11.8 Å². The molecule has 0 spiro atoms. The zero-order chi connectivity index (χ0) is 26.4. The lowest BCUT2D eigenvalue weighted by molar-refractivity contribution is -0.128. The molecule has 3 aromatic carbocycles. The quantitative estimate of drug-likeness (QED) is 0.269. The summed E-state index contributed by atoms with van der Waals surface area (Å²) in [6.07, 6.45) is 2.57. The van der Waals surface area contributed by atoms with Crippen LogP contribution in [0.3, 0.4) is 0 Å². The van der Waals surface area contributed by atoms with Gasteiger partial charge < -0.3 is 21.3 Å². The molecule has 1 saturated heterocycles. The van der Waals surface area contributed by atoms with Crippen LogP contribution in [-0.2, 0) is 16.0 Å². The van der Waals surface area contributed by atoms with Crippen molar-refractivity contribution >= 4 is 39.5 Å². The molecule has 1 aliphatic rings. The fourth-order valence-electron chi connectivity index (χ4n) is 4.84. The van der Waals surface area contributed by atoms with Crippen molar-refractivity contribution < 1.29 is 14.4 Å². The minimum absolute atomic E-state index is 0.115. The highest BCUT2D eigenvalue weighted by molar-refractivity contribution is 5.99. The Morgan fingerprint density at radius 2 is 1.55 bits per heavy atom. The van der Waals surface area contributed by atoms with Gasteiger partial charge in [0, 0.05) is 13.1 Å². The van der Waals surface area contributed by atoms with Gasteiger partial charge in [0.05, 0.1) is 23.7 Å². The normalized spacial score (nSPS) is 14.6. The lowest BCUT2D eigenvalue weighted by Crippen LogP contribution is -2.63. The maximum absolute atomic E-state index is 13.3. The van der Waals surface area contributed by atoms with E-state index in [4.69, 9.17) is 0 Å². The zero-order valence-electron chi connectivity index (χ0n) is 21.0. The molecular weight excluding hydrogens is 480 g/mol. The van der Waals surface area contributed by atoms with Crippen LogP contribution in [0.25, 0.3) is 21.8 Å². The average Bonchev–Trinajstić information content (AvgIpc) is 2.95. The number of para-hydroxylation sites is 2. The molecule has 9 heteroatoms. The number of nitrogens with one attached hydrogen (secondary N) is 4. The smallest absolute Gasteiger partial charge is 0.272 e. The molecule has 0 bridgehead atoms. The highest BCUT2D eigenvalue weighted by atomic mass is 16.2. The number of piperidine rings is 1. The SMILES string of the molecule is O=C(Cc1cccc2ccccc12)NCCNC(=O)C1(NC(=O)c2cnc3ccccc3n2)CCNCC1. The van der Waals surface area contributed by atoms with E-state index in [1.54, 1.807) is 6.07 Å². The number of carbonyl (C=O) groups excluding carboxylic acids is 3. The van der Waals surface area contributed by atoms with Crippen LogP contribution in [0.15, 0.2) is 72.9 Å². The van der Waals surface area contributed by atoms with Gasteiger partial charge in [0.1, 0.15) is 11.2 Å². The van der Waals surface area contributed by atoms with Crippen LogP contribution >= 0.6 is 0 Å². The second-order valence-electron chi connectivity index (χ2n) is 9.45. The Kier molecular flexibility index (Phi) is 7.55. The molecule has 3 amide bonds. The fraction of sp³-hybridized carbons (Fsp3) is 0.276. The summed E-state index contributed by atoms with van der Waals surface area (Å²) >= 11 is 0. The van der Waals surface area contributed by atoms with E-state index in [1.807, 2.05) is 60.7 Å². The maximum atomic E-state index is 13.3. The largest absolute Gasteiger partial charge is 0.354 e. The Bertz CT molecular complexity index is 1480. The van der Waals surface area contributed by atoms with Crippen molar-refractivity contribution in [3.05, 3.63) is 84.2 Å². The Balaban J connectivity index is 1.17. The minimum atomic E-state index is -1.07. The minimum Gasteiger partial charge on any atom is -0.354 e. The standard InChI is InChI=1S/C29H30N6O3/c36-26(18-21-8-5-7-20-6-1-2-9-22(20)21)31-16-17-32-28(38)29(12-14-30-15-13-29)35-27(37)25-19-33-23-10-3-4-11-24(23)34-25/h1-11,19,30H,12-18H2,(H,31,36)(H,32,38)(H,35,37). The number of hydrogen-bond acceptors (Lipinski definition) is 6. The zero-order valence-corrected chi connectivity index (χ0v) is 21.0. The van der Waals surface area contributed by atoms with Crippen LogP contribution < -0.4 is 21.3 Å². The van der Waals surface area contributed by atoms with Crippen molar-refractivity contribution in [3.63, 3.8) is 0 Å². The number of rotatable bonds is 8. The molecule has 38 heavy (non-hydrogen) atoms. The van der Waals surface area contributed by atoms with Gasteiger partial charge in [0.25, 0.3) is 5.91 Å². The van der Waals surface area contributed by atoms with E-state index in [9.17, 15) is 14.4 Å². The molecule has 1 aliphatic heterocycles. The Labute approximate surface area is 220 Å². The number of carbonyl (C=O) groups is 3. The monoisotopic (exact) mass is 510 g/mol. The molecule has 0 atom stereocenters. The van der Waals surface area contributed by atoms with E-state index in [0.29, 0.717) is 37.0 Å². The summed E-state index contributed by atoms with van der Waals surface area (Å²) in [5.74, 6) is -0.830. The molecule has 9 nitrogen and oxygen atoms in total. The third-order valence-electron chi connectivity index (χ3n) is 6.89. The lowest BCUT2D eigenvalue weighted by Gasteiger charge is -2.36. The predicted octanol–water partition coefficient (Wildman–Crippen LogP) is 2.11. The number of benzene rings is 3. The van der Waals surface area contributed by atoms with Crippen LogP contribution in [-0.4, -0.2) is 59.4 Å². The molecule has 0 aliphatic carbocycles. The summed E-state index contributed by atoms with van der Waals surface area (Å²) in [6.45, 7) is 1.73. The Hall–Kier alpha value is -4.37. The molecule has 2 heterocycles.